The van der Waals surface area contributed by atoms with Crippen LogP contribution in [-0.4, -0.2) is 44.1 Å². The molecule has 12 heavy (non-hydrogen) atoms. The lowest BCUT2D eigenvalue weighted by atomic mass is 10.4. The molecule has 2 N–H and O–H groups in total. The van der Waals surface area contributed by atoms with Crippen LogP contribution in [0, 0.1) is 5.41 Å². The van der Waals surface area contributed by atoms with Crippen LogP contribution in [0.2, 0.25) is 0 Å². The number of rotatable bonds is 2. The van der Waals surface area contributed by atoms with Crippen molar-refractivity contribution >= 4 is 5.84 Å². The number of hydrogen-bond acceptors (Lipinski definition) is 3. The van der Waals surface area contributed by atoms with Gasteiger partial charge in [0, 0.05) is 20.1 Å². The Bertz CT molecular complexity index is 173. The molecule has 1 rings (SSSR count). The summed E-state index contributed by atoms with van der Waals surface area (Å²) in [6, 6.07) is 0. The molecule has 0 saturated carbocycles. The minimum atomic E-state index is 0.549. The lowest BCUT2D eigenvalue weighted by Gasteiger charge is -2.27. The molecule has 0 unspecified atom stereocenters. The average molecular weight is 169 g/mol. The van der Waals surface area contributed by atoms with Crippen LogP contribution >= 0.6 is 0 Å². The summed E-state index contributed by atoms with van der Waals surface area (Å²) in [6.07, 6.45) is 3.52. The highest BCUT2D eigenvalue weighted by Crippen LogP contribution is 1.97. The van der Waals surface area contributed by atoms with Crippen LogP contribution in [0.25, 0.3) is 0 Å². The molecule has 0 radical (unpaired) electrons. The summed E-state index contributed by atoms with van der Waals surface area (Å²) >= 11 is 0. The first-order valence-electron chi connectivity index (χ1n) is 4.09. The molecule has 1 aliphatic rings. The zero-order valence-corrected chi connectivity index (χ0v) is 7.34. The van der Waals surface area contributed by atoms with Gasteiger partial charge in [0.2, 0.25) is 0 Å². The molecule has 1 heterocycles. The van der Waals surface area contributed by atoms with Gasteiger partial charge >= 0.3 is 0 Å². The molecule has 0 aromatic heterocycles. The lowest BCUT2D eigenvalue weighted by molar-refractivity contribution is 0.0681. The monoisotopic (exact) mass is 169 g/mol. The number of morpholine rings is 1. The van der Waals surface area contributed by atoms with E-state index in [1.165, 1.54) is 0 Å². The van der Waals surface area contributed by atoms with Gasteiger partial charge in [-0.05, 0) is 12.3 Å². The van der Waals surface area contributed by atoms with E-state index in [2.05, 4.69) is 5.32 Å². The van der Waals surface area contributed by atoms with E-state index in [1.54, 1.807) is 12.3 Å². The van der Waals surface area contributed by atoms with Gasteiger partial charge in [-0.3, -0.25) is 5.41 Å². The Kier molecular flexibility index (Phi) is 3.60. The molecule has 0 aromatic rings. The fourth-order valence-electron chi connectivity index (χ4n) is 1.07. The van der Waals surface area contributed by atoms with Crippen molar-refractivity contribution in [3.63, 3.8) is 0 Å². The second-order valence-corrected chi connectivity index (χ2v) is 2.61. The van der Waals surface area contributed by atoms with E-state index in [4.69, 9.17) is 10.1 Å². The first-order chi connectivity index (χ1) is 5.84. The molecule has 4 heteroatoms. The van der Waals surface area contributed by atoms with Gasteiger partial charge in [0.25, 0.3) is 0 Å². The topological polar surface area (TPSA) is 48.4 Å². The summed E-state index contributed by atoms with van der Waals surface area (Å²) in [5, 5.41) is 10.5. The minimum absolute atomic E-state index is 0.549. The van der Waals surface area contributed by atoms with Gasteiger partial charge in [-0.2, -0.15) is 0 Å². The molecule has 0 atom stereocenters. The third-order valence-electron chi connectivity index (χ3n) is 1.76. The van der Waals surface area contributed by atoms with Gasteiger partial charge in [-0.15, -0.1) is 0 Å². The maximum Gasteiger partial charge on any atom is 0.122 e. The van der Waals surface area contributed by atoms with Gasteiger partial charge in [-0.1, -0.05) is 0 Å². The van der Waals surface area contributed by atoms with Crippen molar-refractivity contribution in [1.29, 1.82) is 5.41 Å². The quantitative estimate of drug-likeness (QED) is 0.453. The molecule has 4 nitrogen and oxygen atoms in total. The van der Waals surface area contributed by atoms with Crippen molar-refractivity contribution in [3.05, 3.63) is 12.3 Å². The molecule has 68 valence electrons. The summed E-state index contributed by atoms with van der Waals surface area (Å²) in [7, 11) is 1.82. The molecule has 0 aromatic carbocycles. The predicted octanol–water partition coefficient (Wildman–Crippen LogP) is 0.0290. The molecule has 0 bridgehead atoms. The number of nitrogens with zero attached hydrogens (tertiary/aromatic N) is 1. The van der Waals surface area contributed by atoms with Gasteiger partial charge in [0.1, 0.15) is 5.84 Å². The molecule has 0 amide bonds. The van der Waals surface area contributed by atoms with E-state index < -0.39 is 0 Å². The van der Waals surface area contributed by atoms with Crippen LogP contribution in [-0.2, 0) is 4.74 Å². The number of ether oxygens (including phenoxy) is 1. The third-order valence-corrected chi connectivity index (χ3v) is 1.76. The first-order valence-corrected chi connectivity index (χ1v) is 4.09. The molecule has 0 spiro atoms. The van der Waals surface area contributed by atoms with Crippen LogP contribution in [0.1, 0.15) is 0 Å². The van der Waals surface area contributed by atoms with E-state index >= 15 is 0 Å². The molecular weight excluding hydrogens is 154 g/mol. The van der Waals surface area contributed by atoms with Crippen molar-refractivity contribution in [2.45, 2.75) is 0 Å². The summed E-state index contributed by atoms with van der Waals surface area (Å²) < 4.78 is 5.18. The minimum Gasteiger partial charge on any atom is -0.394 e. The van der Waals surface area contributed by atoms with Gasteiger partial charge in [0.15, 0.2) is 0 Å². The van der Waals surface area contributed by atoms with Crippen molar-refractivity contribution in [3.8, 4) is 0 Å². The first kappa shape index (κ1) is 9.06. The van der Waals surface area contributed by atoms with Crippen LogP contribution < -0.4 is 5.32 Å². The molecule has 0 aliphatic carbocycles. The normalized spacial score (nSPS) is 18.2. The highest BCUT2D eigenvalue weighted by molar-refractivity contribution is 5.90. The predicted molar refractivity (Wildman–Crippen MR) is 48.3 cm³/mol. The highest BCUT2D eigenvalue weighted by Gasteiger charge is 2.10. The largest absolute Gasteiger partial charge is 0.394 e. The van der Waals surface area contributed by atoms with Crippen molar-refractivity contribution in [1.82, 2.24) is 10.2 Å². The molecular formula is C8H15N3O. The fourth-order valence-corrected chi connectivity index (χ4v) is 1.07. The Morgan fingerprint density at radius 3 is 2.75 bits per heavy atom. The smallest absolute Gasteiger partial charge is 0.122 e. The fraction of sp³-hybridized carbons (Fsp3) is 0.625. The van der Waals surface area contributed by atoms with Crippen LogP contribution in [0.3, 0.4) is 0 Å². The van der Waals surface area contributed by atoms with Gasteiger partial charge in [-0.25, -0.2) is 0 Å². The zero-order chi connectivity index (χ0) is 8.81. The Balaban J connectivity index is 2.34. The van der Waals surface area contributed by atoms with E-state index in [0.717, 1.165) is 26.3 Å². The van der Waals surface area contributed by atoms with Crippen LogP contribution in [0.5, 0.6) is 0 Å². The van der Waals surface area contributed by atoms with Crippen LogP contribution in [0.15, 0.2) is 12.3 Å². The number of hydrogen-bond donors (Lipinski definition) is 2. The second-order valence-electron chi connectivity index (χ2n) is 2.61. The van der Waals surface area contributed by atoms with Crippen molar-refractivity contribution in [2.24, 2.45) is 0 Å². The summed E-state index contributed by atoms with van der Waals surface area (Å²) in [6.45, 7) is 3.12. The summed E-state index contributed by atoms with van der Waals surface area (Å²) in [5.74, 6) is 0.549. The maximum atomic E-state index is 7.63. The third kappa shape index (κ3) is 2.54. The summed E-state index contributed by atoms with van der Waals surface area (Å²) in [4.78, 5) is 2.00. The standard InChI is InChI=1S/C8H15N3O/c1-10-3-2-8(9)11-4-6-12-7-5-11/h2-3,9-10H,4-7H2,1H3/b3-2-,9-8?. The Hall–Kier alpha value is -1.03. The number of amidine groups is 1. The van der Waals surface area contributed by atoms with Crippen LogP contribution in [0.4, 0.5) is 0 Å². The highest BCUT2D eigenvalue weighted by atomic mass is 16.5. The zero-order valence-electron chi connectivity index (χ0n) is 7.34. The average Bonchev–Trinajstić information content (AvgIpc) is 2.15. The van der Waals surface area contributed by atoms with Crippen molar-refractivity contribution in [2.75, 3.05) is 33.4 Å². The molecule has 1 aliphatic heterocycles. The van der Waals surface area contributed by atoms with Crippen molar-refractivity contribution < 1.29 is 4.74 Å². The summed E-state index contributed by atoms with van der Waals surface area (Å²) in [5.41, 5.74) is 0. The Morgan fingerprint density at radius 1 is 1.50 bits per heavy atom. The van der Waals surface area contributed by atoms with Gasteiger partial charge < -0.3 is 15.0 Å². The number of nitrogens with one attached hydrogen (secondary N) is 2. The Morgan fingerprint density at radius 2 is 2.17 bits per heavy atom. The second kappa shape index (κ2) is 4.77. The molecule has 1 fully saturated rings. The Labute approximate surface area is 72.7 Å². The van der Waals surface area contributed by atoms with E-state index in [1.807, 2.05) is 11.9 Å². The SMILES string of the molecule is CN/C=C\C(=N)N1CCOCC1. The van der Waals surface area contributed by atoms with E-state index in [0.29, 0.717) is 5.84 Å². The lowest BCUT2D eigenvalue weighted by Crippen LogP contribution is -2.39. The molecule has 1 saturated heterocycles. The van der Waals surface area contributed by atoms with Gasteiger partial charge in [0.05, 0.1) is 13.2 Å². The maximum absolute atomic E-state index is 7.63. The van der Waals surface area contributed by atoms with E-state index in [-0.39, 0.29) is 0 Å². The van der Waals surface area contributed by atoms with E-state index in [9.17, 15) is 0 Å².